The van der Waals surface area contributed by atoms with Gasteiger partial charge in [-0.15, -0.1) is 0 Å². The summed E-state index contributed by atoms with van der Waals surface area (Å²) in [5.74, 6) is -0.0282. The first-order chi connectivity index (χ1) is 11.5. The van der Waals surface area contributed by atoms with E-state index in [-0.39, 0.29) is 11.9 Å². The number of pyridine rings is 2. The molecule has 1 unspecified atom stereocenters. The van der Waals surface area contributed by atoms with Crippen molar-refractivity contribution in [2.75, 3.05) is 7.05 Å². The largest absolute Gasteiger partial charge is 0.333 e. The average Bonchev–Trinajstić information content (AvgIpc) is 2.90. The molecule has 3 aromatic heterocycles. The maximum absolute atomic E-state index is 13.1. The Morgan fingerprint density at radius 1 is 1.33 bits per heavy atom. The molecule has 0 fully saturated rings. The topological polar surface area (TPSA) is 50.5 Å². The van der Waals surface area contributed by atoms with Crippen LogP contribution < -0.4 is 0 Å². The predicted molar refractivity (Wildman–Crippen MR) is 94.0 cm³/mol. The fourth-order valence-corrected chi connectivity index (χ4v) is 3.14. The minimum absolute atomic E-state index is 0.0124. The van der Waals surface area contributed by atoms with Crippen LogP contribution in [0.15, 0.2) is 42.9 Å². The van der Waals surface area contributed by atoms with Gasteiger partial charge in [0.2, 0.25) is 0 Å². The first-order valence-electron chi connectivity index (χ1n) is 8.15. The third-order valence-electron chi connectivity index (χ3n) is 4.40. The summed E-state index contributed by atoms with van der Waals surface area (Å²) in [7, 11) is 1.84. The number of carbonyl (C=O) groups excluding carboxylic acids is 1. The van der Waals surface area contributed by atoms with Gasteiger partial charge >= 0.3 is 0 Å². The van der Waals surface area contributed by atoms with Crippen molar-refractivity contribution >= 4 is 11.6 Å². The van der Waals surface area contributed by atoms with Crippen molar-refractivity contribution in [2.24, 2.45) is 0 Å². The Morgan fingerprint density at radius 2 is 2.12 bits per heavy atom. The van der Waals surface area contributed by atoms with Gasteiger partial charge in [-0.3, -0.25) is 14.2 Å². The molecule has 0 saturated heterocycles. The highest BCUT2D eigenvalue weighted by atomic mass is 16.2. The SMILES string of the molecule is CCC(c1cccnc1)N(C)C(=O)c1c(C)nc2cc(C)ccn12. The highest BCUT2D eigenvalue weighted by molar-refractivity contribution is 5.94. The third-order valence-corrected chi connectivity index (χ3v) is 4.40. The molecular weight excluding hydrogens is 300 g/mol. The molecule has 5 heteroatoms. The van der Waals surface area contributed by atoms with Crippen molar-refractivity contribution in [1.82, 2.24) is 19.3 Å². The lowest BCUT2D eigenvalue weighted by Crippen LogP contribution is -2.32. The number of aromatic nitrogens is 3. The van der Waals surface area contributed by atoms with E-state index in [1.54, 1.807) is 11.1 Å². The molecule has 24 heavy (non-hydrogen) atoms. The summed E-state index contributed by atoms with van der Waals surface area (Å²) in [6.45, 7) is 5.98. The first-order valence-corrected chi connectivity index (χ1v) is 8.15. The van der Waals surface area contributed by atoms with E-state index in [9.17, 15) is 4.79 Å². The van der Waals surface area contributed by atoms with Crippen LogP contribution in [-0.4, -0.2) is 32.2 Å². The number of aryl methyl sites for hydroxylation is 2. The molecule has 0 aliphatic heterocycles. The molecule has 3 heterocycles. The van der Waals surface area contributed by atoms with Gasteiger partial charge in [-0.25, -0.2) is 4.98 Å². The molecule has 3 aromatic rings. The maximum atomic E-state index is 13.1. The van der Waals surface area contributed by atoms with Crippen molar-refractivity contribution in [1.29, 1.82) is 0 Å². The summed E-state index contributed by atoms with van der Waals surface area (Å²) < 4.78 is 1.87. The zero-order valence-corrected chi connectivity index (χ0v) is 14.5. The van der Waals surface area contributed by atoms with Gasteiger partial charge in [-0.05, 0) is 49.6 Å². The summed E-state index contributed by atoms with van der Waals surface area (Å²) in [6.07, 6.45) is 6.30. The molecule has 0 aliphatic carbocycles. The van der Waals surface area contributed by atoms with E-state index in [1.807, 2.05) is 62.0 Å². The molecule has 5 nitrogen and oxygen atoms in total. The number of imidazole rings is 1. The summed E-state index contributed by atoms with van der Waals surface area (Å²) in [6, 6.07) is 7.88. The van der Waals surface area contributed by atoms with Crippen molar-refractivity contribution < 1.29 is 4.79 Å². The van der Waals surface area contributed by atoms with E-state index in [2.05, 4.69) is 16.9 Å². The molecule has 1 amide bonds. The summed E-state index contributed by atoms with van der Waals surface area (Å²) in [5.41, 5.74) is 4.34. The van der Waals surface area contributed by atoms with Crippen molar-refractivity contribution in [3.63, 3.8) is 0 Å². The molecule has 0 saturated carbocycles. The number of fused-ring (bicyclic) bond motifs is 1. The Labute approximate surface area is 142 Å². The number of nitrogens with zero attached hydrogens (tertiary/aromatic N) is 4. The van der Waals surface area contributed by atoms with Crippen LogP contribution in [0, 0.1) is 13.8 Å². The van der Waals surface area contributed by atoms with Gasteiger partial charge in [0.25, 0.3) is 5.91 Å². The zero-order valence-electron chi connectivity index (χ0n) is 14.5. The molecule has 0 spiro atoms. The van der Waals surface area contributed by atoms with Crippen LogP contribution in [0.5, 0.6) is 0 Å². The molecule has 0 aromatic carbocycles. The monoisotopic (exact) mass is 322 g/mol. The average molecular weight is 322 g/mol. The predicted octanol–water partition coefficient (Wildman–Crippen LogP) is 3.57. The second-order valence-electron chi connectivity index (χ2n) is 6.10. The van der Waals surface area contributed by atoms with Crippen LogP contribution in [0.25, 0.3) is 5.65 Å². The molecule has 124 valence electrons. The molecule has 3 rings (SSSR count). The van der Waals surface area contributed by atoms with Crippen LogP contribution >= 0.6 is 0 Å². The quantitative estimate of drug-likeness (QED) is 0.738. The van der Waals surface area contributed by atoms with Crippen LogP contribution in [0.4, 0.5) is 0 Å². The van der Waals surface area contributed by atoms with E-state index in [4.69, 9.17) is 0 Å². The molecule has 0 aliphatic rings. The van der Waals surface area contributed by atoms with Crippen LogP contribution in [0.1, 0.15) is 46.7 Å². The van der Waals surface area contributed by atoms with Crippen molar-refractivity contribution in [3.05, 3.63) is 65.4 Å². The molecule has 0 bridgehead atoms. The van der Waals surface area contributed by atoms with Crippen molar-refractivity contribution in [3.8, 4) is 0 Å². The minimum Gasteiger partial charge on any atom is -0.333 e. The minimum atomic E-state index is -0.0282. The van der Waals surface area contributed by atoms with Crippen LogP contribution in [-0.2, 0) is 0 Å². The molecular formula is C19H22N4O. The Bertz CT molecular complexity index is 870. The molecule has 0 radical (unpaired) electrons. The standard InChI is InChI=1S/C19H22N4O/c1-5-16(15-7-6-9-20-12-15)22(4)19(24)18-14(3)21-17-11-13(2)8-10-23(17)18/h6-12,16H,5H2,1-4H3. The number of rotatable bonds is 4. The highest BCUT2D eigenvalue weighted by Gasteiger charge is 2.25. The van der Waals surface area contributed by atoms with E-state index >= 15 is 0 Å². The second kappa shape index (κ2) is 6.43. The van der Waals surface area contributed by atoms with Crippen LogP contribution in [0.3, 0.4) is 0 Å². The van der Waals surface area contributed by atoms with E-state index in [0.29, 0.717) is 5.69 Å². The number of hydrogen-bond acceptors (Lipinski definition) is 3. The normalized spacial score (nSPS) is 12.3. The second-order valence-corrected chi connectivity index (χ2v) is 6.10. The van der Waals surface area contributed by atoms with E-state index in [0.717, 1.165) is 28.9 Å². The smallest absolute Gasteiger partial charge is 0.273 e. The fourth-order valence-electron chi connectivity index (χ4n) is 3.14. The van der Waals surface area contributed by atoms with Crippen LogP contribution in [0.2, 0.25) is 0 Å². The third kappa shape index (κ3) is 2.77. The van der Waals surface area contributed by atoms with Crippen molar-refractivity contribution in [2.45, 2.75) is 33.2 Å². The van der Waals surface area contributed by atoms with Gasteiger partial charge in [0.1, 0.15) is 11.3 Å². The summed E-state index contributed by atoms with van der Waals surface area (Å²) in [4.78, 5) is 23.6. The lowest BCUT2D eigenvalue weighted by molar-refractivity contribution is 0.0718. The lowest BCUT2D eigenvalue weighted by Gasteiger charge is -2.27. The Kier molecular flexibility index (Phi) is 4.34. The summed E-state index contributed by atoms with van der Waals surface area (Å²) >= 11 is 0. The first kappa shape index (κ1) is 16.2. The Balaban J connectivity index is 2.00. The van der Waals surface area contributed by atoms with Gasteiger partial charge in [-0.2, -0.15) is 0 Å². The van der Waals surface area contributed by atoms with Gasteiger partial charge < -0.3 is 4.90 Å². The van der Waals surface area contributed by atoms with E-state index in [1.165, 1.54) is 0 Å². The van der Waals surface area contributed by atoms with E-state index < -0.39 is 0 Å². The summed E-state index contributed by atoms with van der Waals surface area (Å²) in [5, 5.41) is 0. The fraction of sp³-hybridized carbons (Fsp3) is 0.316. The number of hydrogen-bond donors (Lipinski definition) is 0. The molecule has 1 atom stereocenters. The number of amides is 1. The highest BCUT2D eigenvalue weighted by Crippen LogP contribution is 2.25. The Morgan fingerprint density at radius 3 is 2.79 bits per heavy atom. The zero-order chi connectivity index (χ0) is 17.3. The van der Waals surface area contributed by atoms with Gasteiger partial charge in [0, 0.05) is 25.6 Å². The molecule has 0 N–H and O–H groups in total. The lowest BCUT2D eigenvalue weighted by atomic mass is 10.0. The van der Waals surface area contributed by atoms with Gasteiger partial charge in [-0.1, -0.05) is 13.0 Å². The Hall–Kier alpha value is -2.69. The number of carbonyl (C=O) groups is 1. The van der Waals surface area contributed by atoms with Gasteiger partial charge in [0.05, 0.1) is 11.7 Å². The van der Waals surface area contributed by atoms with Gasteiger partial charge in [0.15, 0.2) is 0 Å². The maximum Gasteiger partial charge on any atom is 0.273 e.